The van der Waals surface area contributed by atoms with Crippen LogP contribution in [0.5, 0.6) is 0 Å². The number of nitrogens with zero attached hydrogens (tertiary/aromatic N) is 1. The van der Waals surface area contributed by atoms with Crippen molar-refractivity contribution in [3.8, 4) is 0 Å². The Morgan fingerprint density at radius 2 is 1.95 bits per heavy atom. The molecule has 0 aliphatic heterocycles. The Labute approximate surface area is 119 Å². The molecule has 1 aromatic rings. The summed E-state index contributed by atoms with van der Waals surface area (Å²) in [6, 6.07) is 6.93. The fourth-order valence-electron chi connectivity index (χ4n) is 2.56. The van der Waals surface area contributed by atoms with Crippen LogP contribution in [0.25, 0.3) is 0 Å². The van der Waals surface area contributed by atoms with Crippen LogP contribution in [-0.2, 0) is 6.61 Å². The molecule has 20 heavy (non-hydrogen) atoms. The normalized spacial score (nSPS) is 19.1. The first kappa shape index (κ1) is 14.6. The number of benzene rings is 1. The summed E-state index contributed by atoms with van der Waals surface area (Å²) in [6.45, 7) is -0.0311. The molecule has 0 spiro atoms. The number of aliphatic hydroxyl groups is 1. The Morgan fingerprint density at radius 1 is 1.20 bits per heavy atom. The molecule has 1 aromatic carbocycles. The van der Waals surface area contributed by atoms with Gasteiger partial charge in [-0.2, -0.15) is 0 Å². The molecule has 108 valence electrons. The smallest absolute Gasteiger partial charge is 0.412 e. The van der Waals surface area contributed by atoms with E-state index in [1.165, 1.54) is 11.3 Å². The van der Waals surface area contributed by atoms with E-state index in [-0.39, 0.29) is 12.6 Å². The molecule has 1 aliphatic carbocycles. The molecule has 1 amide bonds. The molecule has 1 aliphatic rings. The van der Waals surface area contributed by atoms with Crippen LogP contribution in [0.3, 0.4) is 0 Å². The van der Waals surface area contributed by atoms with Gasteiger partial charge >= 0.3 is 6.09 Å². The quantitative estimate of drug-likeness (QED) is 0.829. The van der Waals surface area contributed by atoms with Crippen molar-refractivity contribution in [2.75, 3.05) is 4.90 Å². The highest BCUT2D eigenvalue weighted by molar-refractivity contribution is 5.87. The van der Waals surface area contributed by atoms with Crippen LogP contribution in [0.2, 0.25) is 0 Å². The highest BCUT2D eigenvalue weighted by atomic mass is 16.4. The van der Waals surface area contributed by atoms with Crippen molar-refractivity contribution in [2.45, 2.75) is 44.8 Å². The van der Waals surface area contributed by atoms with Gasteiger partial charge in [-0.05, 0) is 37.0 Å². The van der Waals surface area contributed by atoms with E-state index < -0.39 is 6.09 Å². The van der Waals surface area contributed by atoms with Gasteiger partial charge in [-0.25, -0.2) is 4.79 Å². The summed E-state index contributed by atoms with van der Waals surface area (Å²) >= 11 is 0. The zero-order chi connectivity index (χ0) is 14.4. The van der Waals surface area contributed by atoms with Gasteiger partial charge in [-0.1, -0.05) is 37.1 Å². The summed E-state index contributed by atoms with van der Waals surface area (Å²) in [4.78, 5) is 13.0. The molecular weight excluding hydrogens is 254 g/mol. The minimum absolute atomic E-state index is 0.0311. The van der Waals surface area contributed by atoms with Crippen LogP contribution >= 0.6 is 0 Å². The van der Waals surface area contributed by atoms with E-state index in [4.69, 9.17) is 5.11 Å². The number of amides is 1. The van der Waals surface area contributed by atoms with Gasteiger partial charge < -0.3 is 10.2 Å². The molecule has 0 heterocycles. The third-order valence-electron chi connectivity index (χ3n) is 3.66. The molecule has 0 bridgehead atoms. The number of aliphatic hydroxyl groups excluding tert-OH is 1. The van der Waals surface area contributed by atoms with Gasteiger partial charge in [0.2, 0.25) is 0 Å². The van der Waals surface area contributed by atoms with Crippen LogP contribution in [0.15, 0.2) is 36.4 Å². The predicted molar refractivity (Wildman–Crippen MR) is 78.9 cm³/mol. The van der Waals surface area contributed by atoms with Crippen LogP contribution in [-0.4, -0.2) is 22.3 Å². The molecular formula is C16H21NO3. The molecule has 0 aromatic heterocycles. The predicted octanol–water partition coefficient (Wildman–Crippen LogP) is 3.55. The summed E-state index contributed by atoms with van der Waals surface area (Å²) < 4.78 is 0. The van der Waals surface area contributed by atoms with Crippen molar-refractivity contribution in [1.82, 2.24) is 0 Å². The van der Waals surface area contributed by atoms with Crippen molar-refractivity contribution in [2.24, 2.45) is 0 Å². The van der Waals surface area contributed by atoms with E-state index in [9.17, 15) is 9.90 Å². The highest BCUT2D eigenvalue weighted by Crippen LogP contribution is 2.24. The van der Waals surface area contributed by atoms with E-state index in [0.717, 1.165) is 31.2 Å². The Kier molecular flexibility index (Phi) is 5.18. The first-order valence-corrected chi connectivity index (χ1v) is 7.11. The van der Waals surface area contributed by atoms with Gasteiger partial charge in [0.05, 0.1) is 12.6 Å². The zero-order valence-corrected chi connectivity index (χ0v) is 11.5. The summed E-state index contributed by atoms with van der Waals surface area (Å²) in [5.41, 5.74) is 1.44. The maximum atomic E-state index is 11.6. The van der Waals surface area contributed by atoms with Crippen LogP contribution in [0, 0.1) is 0 Å². The molecule has 0 fully saturated rings. The summed E-state index contributed by atoms with van der Waals surface area (Å²) in [5, 5.41) is 18.6. The maximum absolute atomic E-state index is 11.6. The van der Waals surface area contributed by atoms with Crippen molar-refractivity contribution < 1.29 is 15.0 Å². The van der Waals surface area contributed by atoms with Gasteiger partial charge in [0.25, 0.3) is 0 Å². The van der Waals surface area contributed by atoms with E-state index in [2.05, 4.69) is 6.08 Å². The lowest BCUT2D eigenvalue weighted by Crippen LogP contribution is -2.38. The van der Waals surface area contributed by atoms with Crippen LogP contribution < -0.4 is 4.90 Å². The Morgan fingerprint density at radius 3 is 2.60 bits per heavy atom. The van der Waals surface area contributed by atoms with Crippen LogP contribution in [0.4, 0.5) is 10.5 Å². The Hall–Kier alpha value is -1.81. The molecule has 0 saturated carbocycles. The Balaban J connectivity index is 2.24. The van der Waals surface area contributed by atoms with Gasteiger partial charge in [0, 0.05) is 5.69 Å². The summed E-state index contributed by atoms with van der Waals surface area (Å²) in [6.07, 6.45) is 8.41. The molecule has 1 unspecified atom stereocenters. The van der Waals surface area contributed by atoms with Crippen molar-refractivity contribution in [3.05, 3.63) is 42.0 Å². The average Bonchev–Trinajstić information content (AvgIpc) is 2.41. The number of rotatable bonds is 3. The molecule has 2 rings (SSSR count). The summed E-state index contributed by atoms with van der Waals surface area (Å²) in [5.74, 6) is 0. The lowest BCUT2D eigenvalue weighted by atomic mass is 10.0. The number of allylic oxidation sites excluding steroid dienone is 1. The topological polar surface area (TPSA) is 60.8 Å². The first-order chi connectivity index (χ1) is 9.72. The minimum Gasteiger partial charge on any atom is -0.465 e. The second-order valence-corrected chi connectivity index (χ2v) is 5.11. The fraction of sp³-hybridized carbons (Fsp3) is 0.438. The summed E-state index contributed by atoms with van der Waals surface area (Å²) in [7, 11) is 0. The maximum Gasteiger partial charge on any atom is 0.412 e. The van der Waals surface area contributed by atoms with E-state index in [1.807, 2.05) is 6.08 Å². The van der Waals surface area contributed by atoms with Crippen molar-refractivity contribution in [3.63, 3.8) is 0 Å². The fourth-order valence-corrected chi connectivity index (χ4v) is 2.56. The third-order valence-corrected chi connectivity index (χ3v) is 3.66. The lowest BCUT2D eigenvalue weighted by molar-refractivity contribution is 0.199. The number of carboxylic acid groups (broad SMARTS) is 1. The standard InChI is InChI=1S/C16H21NO3/c18-12-13-8-10-15(11-9-13)17(16(19)20)14-6-4-2-1-3-5-7-14/h4,6,8-11,14,18H,1-3,5,7,12H2,(H,19,20). The number of carbonyl (C=O) groups is 1. The van der Waals surface area contributed by atoms with Crippen molar-refractivity contribution >= 4 is 11.8 Å². The van der Waals surface area contributed by atoms with Gasteiger partial charge in [-0.3, -0.25) is 4.90 Å². The van der Waals surface area contributed by atoms with Crippen molar-refractivity contribution in [1.29, 1.82) is 0 Å². The SMILES string of the molecule is O=C(O)N(c1ccc(CO)cc1)C1C=CCCCCC1. The molecule has 2 N–H and O–H groups in total. The molecule has 0 radical (unpaired) electrons. The first-order valence-electron chi connectivity index (χ1n) is 7.11. The molecule has 1 atom stereocenters. The van der Waals surface area contributed by atoms with E-state index >= 15 is 0 Å². The van der Waals surface area contributed by atoms with Gasteiger partial charge in [-0.15, -0.1) is 0 Å². The molecule has 4 heteroatoms. The number of hydrogen-bond acceptors (Lipinski definition) is 2. The average molecular weight is 275 g/mol. The van der Waals surface area contributed by atoms with Gasteiger partial charge in [0.15, 0.2) is 0 Å². The largest absolute Gasteiger partial charge is 0.465 e. The van der Waals surface area contributed by atoms with Crippen LogP contribution in [0.1, 0.15) is 37.7 Å². The number of hydrogen-bond donors (Lipinski definition) is 2. The monoisotopic (exact) mass is 275 g/mol. The lowest BCUT2D eigenvalue weighted by Gasteiger charge is -2.28. The highest BCUT2D eigenvalue weighted by Gasteiger charge is 2.23. The number of anilines is 1. The second kappa shape index (κ2) is 7.10. The van der Waals surface area contributed by atoms with Gasteiger partial charge in [0.1, 0.15) is 0 Å². The minimum atomic E-state index is -0.933. The zero-order valence-electron chi connectivity index (χ0n) is 11.5. The second-order valence-electron chi connectivity index (χ2n) is 5.11. The van der Waals surface area contributed by atoms with E-state index in [0.29, 0.717) is 5.69 Å². The van der Waals surface area contributed by atoms with E-state index in [1.54, 1.807) is 24.3 Å². The third kappa shape index (κ3) is 3.61. The molecule has 0 saturated heterocycles. The Bertz CT molecular complexity index is 467. The molecule has 4 nitrogen and oxygen atoms in total.